The number of pyridine rings is 1. The molecule has 1 amide bonds. The first-order chi connectivity index (χ1) is 14.8. The lowest BCUT2D eigenvalue weighted by molar-refractivity contribution is 0.0955. The Morgan fingerprint density at radius 3 is 2.39 bits per heavy atom. The average molecular weight is 454 g/mol. The second-order valence-electron chi connectivity index (χ2n) is 6.97. The van der Waals surface area contributed by atoms with E-state index in [1.165, 1.54) is 35.9 Å². The Morgan fingerprint density at radius 2 is 1.74 bits per heavy atom. The van der Waals surface area contributed by atoms with Crippen molar-refractivity contribution in [3.05, 3.63) is 71.6 Å². The van der Waals surface area contributed by atoms with Crippen molar-refractivity contribution in [1.82, 2.24) is 20.3 Å². The van der Waals surface area contributed by atoms with Crippen molar-refractivity contribution < 1.29 is 13.2 Å². The van der Waals surface area contributed by atoms with Gasteiger partial charge in [-0.15, -0.1) is 11.3 Å². The van der Waals surface area contributed by atoms with E-state index in [4.69, 9.17) is 0 Å². The van der Waals surface area contributed by atoms with E-state index >= 15 is 0 Å². The molecule has 0 saturated heterocycles. The molecule has 0 aliphatic heterocycles. The van der Waals surface area contributed by atoms with Gasteiger partial charge in [0.25, 0.3) is 5.91 Å². The van der Waals surface area contributed by atoms with Crippen molar-refractivity contribution in [2.75, 3.05) is 19.0 Å². The smallest absolute Gasteiger partial charge is 0.261 e. The average Bonchev–Trinajstić information content (AvgIpc) is 3.22. The van der Waals surface area contributed by atoms with Gasteiger partial charge in [0.05, 0.1) is 26.9 Å². The number of carbonyl (C=O) groups is 1. The molecule has 0 aliphatic carbocycles. The van der Waals surface area contributed by atoms with Crippen LogP contribution < -0.4 is 10.2 Å². The standard InChI is InChI=1S/C21H19N5O3S2/c1-26(2)21-24-11-17(12-25-21)31(28,29)16-5-3-14(4-6-16)10-23-20(27)18-9-15-7-8-22-13-19(15)30-18/h3-9,11-13H,10H2,1-2H3,(H,23,27). The first-order valence-corrected chi connectivity index (χ1v) is 11.6. The van der Waals surface area contributed by atoms with Crippen molar-refractivity contribution in [2.24, 2.45) is 0 Å². The highest BCUT2D eigenvalue weighted by molar-refractivity contribution is 7.91. The van der Waals surface area contributed by atoms with Crippen molar-refractivity contribution >= 4 is 43.1 Å². The molecule has 0 atom stereocenters. The first kappa shape index (κ1) is 20.9. The van der Waals surface area contributed by atoms with Crippen LogP contribution in [0.4, 0.5) is 5.95 Å². The van der Waals surface area contributed by atoms with Crippen LogP contribution in [0.25, 0.3) is 10.1 Å². The monoisotopic (exact) mass is 453 g/mol. The highest BCUT2D eigenvalue weighted by Crippen LogP contribution is 2.24. The van der Waals surface area contributed by atoms with Crippen molar-refractivity contribution in [2.45, 2.75) is 16.3 Å². The molecule has 4 rings (SSSR count). The van der Waals surface area contributed by atoms with Crippen LogP contribution in [0, 0.1) is 0 Å². The van der Waals surface area contributed by atoms with Crippen LogP contribution in [0.3, 0.4) is 0 Å². The number of benzene rings is 1. The highest BCUT2D eigenvalue weighted by atomic mass is 32.2. The Labute approximate surface area is 183 Å². The molecule has 0 unspecified atom stereocenters. The van der Waals surface area contributed by atoms with Crippen molar-refractivity contribution in [3.63, 3.8) is 0 Å². The third-order valence-corrected chi connectivity index (χ3v) is 7.37. The number of nitrogens with one attached hydrogen (secondary N) is 1. The van der Waals surface area contributed by atoms with Gasteiger partial charge >= 0.3 is 0 Å². The lowest BCUT2D eigenvalue weighted by atomic mass is 10.2. The molecule has 0 spiro atoms. The number of hydrogen-bond acceptors (Lipinski definition) is 8. The minimum Gasteiger partial charge on any atom is -0.347 e. The maximum absolute atomic E-state index is 12.8. The summed E-state index contributed by atoms with van der Waals surface area (Å²) in [6.45, 7) is 0.284. The van der Waals surface area contributed by atoms with E-state index in [9.17, 15) is 13.2 Å². The summed E-state index contributed by atoms with van der Waals surface area (Å²) in [7, 11) is -0.169. The van der Waals surface area contributed by atoms with Gasteiger partial charge in [-0.05, 0) is 35.2 Å². The summed E-state index contributed by atoms with van der Waals surface area (Å²) in [5.74, 6) is 0.246. The van der Waals surface area contributed by atoms with E-state index < -0.39 is 9.84 Å². The first-order valence-electron chi connectivity index (χ1n) is 9.30. The highest BCUT2D eigenvalue weighted by Gasteiger charge is 2.19. The second kappa shape index (κ2) is 8.40. The number of carbonyl (C=O) groups excluding carboxylic acids is 1. The summed E-state index contributed by atoms with van der Waals surface area (Å²) in [6.07, 6.45) is 6.02. The molecule has 0 saturated carbocycles. The number of amides is 1. The minimum atomic E-state index is -3.72. The van der Waals surface area contributed by atoms with Gasteiger partial charge < -0.3 is 10.2 Å². The topological polar surface area (TPSA) is 105 Å². The van der Waals surface area contributed by atoms with Gasteiger partial charge in [-0.25, -0.2) is 18.4 Å². The van der Waals surface area contributed by atoms with E-state index in [2.05, 4.69) is 20.3 Å². The van der Waals surface area contributed by atoms with Gasteiger partial charge in [-0.3, -0.25) is 9.78 Å². The largest absolute Gasteiger partial charge is 0.347 e. The zero-order valence-electron chi connectivity index (χ0n) is 16.8. The zero-order valence-corrected chi connectivity index (χ0v) is 18.4. The van der Waals surface area contributed by atoms with E-state index in [0.717, 1.165) is 15.6 Å². The second-order valence-corrected chi connectivity index (χ2v) is 10.0. The van der Waals surface area contributed by atoms with Gasteiger partial charge in [0.15, 0.2) is 0 Å². The Bertz CT molecular complexity index is 1300. The predicted octanol–water partition coefficient (Wildman–Crippen LogP) is 2.92. The Hall–Kier alpha value is -3.37. The number of aromatic nitrogens is 3. The summed E-state index contributed by atoms with van der Waals surface area (Å²) < 4.78 is 26.5. The number of sulfone groups is 1. The maximum atomic E-state index is 12.8. The van der Waals surface area contributed by atoms with E-state index in [0.29, 0.717) is 10.8 Å². The van der Waals surface area contributed by atoms with Crippen molar-refractivity contribution in [3.8, 4) is 0 Å². The van der Waals surface area contributed by atoms with E-state index in [1.807, 2.05) is 12.1 Å². The van der Waals surface area contributed by atoms with Gasteiger partial charge in [-0.1, -0.05) is 12.1 Å². The molecule has 3 aromatic heterocycles. The van der Waals surface area contributed by atoms with Crippen LogP contribution in [0.2, 0.25) is 0 Å². The molecule has 1 N–H and O–H groups in total. The van der Waals surface area contributed by atoms with Crippen molar-refractivity contribution in [1.29, 1.82) is 0 Å². The van der Waals surface area contributed by atoms with Crippen LogP contribution in [-0.4, -0.2) is 43.4 Å². The molecule has 10 heteroatoms. The lowest BCUT2D eigenvalue weighted by Crippen LogP contribution is -2.21. The molecule has 158 valence electrons. The van der Waals surface area contributed by atoms with Gasteiger partial charge in [0.2, 0.25) is 15.8 Å². The number of anilines is 1. The summed E-state index contributed by atoms with van der Waals surface area (Å²) >= 11 is 1.38. The fourth-order valence-corrected chi connectivity index (χ4v) is 4.96. The van der Waals surface area contributed by atoms with Crippen LogP contribution in [-0.2, 0) is 16.4 Å². The minimum absolute atomic E-state index is 0.0263. The van der Waals surface area contributed by atoms with Crippen LogP contribution >= 0.6 is 11.3 Å². The Morgan fingerprint density at radius 1 is 1.03 bits per heavy atom. The van der Waals surface area contributed by atoms with Crippen LogP contribution in [0.15, 0.2) is 71.0 Å². The maximum Gasteiger partial charge on any atom is 0.261 e. The fraction of sp³-hybridized carbons (Fsp3) is 0.143. The molecule has 0 bridgehead atoms. The van der Waals surface area contributed by atoms with Gasteiger partial charge in [0.1, 0.15) is 4.90 Å². The number of rotatable bonds is 6. The molecule has 1 aromatic carbocycles. The number of fused-ring (bicyclic) bond motifs is 1. The Balaban J connectivity index is 1.44. The summed E-state index contributed by atoms with van der Waals surface area (Å²) in [6, 6.07) is 10.1. The quantitative estimate of drug-likeness (QED) is 0.478. The molecule has 8 nitrogen and oxygen atoms in total. The number of hydrogen-bond donors (Lipinski definition) is 1. The number of thiophene rings is 1. The normalized spacial score (nSPS) is 11.4. The summed E-state index contributed by atoms with van der Waals surface area (Å²) in [4.78, 5) is 27.1. The summed E-state index contributed by atoms with van der Waals surface area (Å²) in [5, 5.41) is 3.83. The van der Waals surface area contributed by atoms with Gasteiger partial charge in [0, 0.05) is 33.0 Å². The molecule has 0 aliphatic rings. The van der Waals surface area contributed by atoms with E-state index in [-0.39, 0.29) is 22.2 Å². The van der Waals surface area contributed by atoms with E-state index in [1.54, 1.807) is 43.5 Å². The number of nitrogens with zero attached hydrogens (tertiary/aromatic N) is 4. The molecule has 3 heterocycles. The fourth-order valence-electron chi connectivity index (χ4n) is 2.87. The molecule has 31 heavy (non-hydrogen) atoms. The third kappa shape index (κ3) is 4.39. The Kier molecular flexibility index (Phi) is 5.66. The molecule has 0 fully saturated rings. The molecule has 4 aromatic rings. The lowest BCUT2D eigenvalue weighted by Gasteiger charge is -2.10. The van der Waals surface area contributed by atoms with Crippen LogP contribution in [0.1, 0.15) is 15.2 Å². The summed E-state index contributed by atoms with van der Waals surface area (Å²) in [5.41, 5.74) is 0.786. The SMILES string of the molecule is CN(C)c1ncc(S(=O)(=O)c2ccc(CNC(=O)c3cc4ccncc4s3)cc2)cn1. The third-order valence-electron chi connectivity index (χ3n) is 4.56. The predicted molar refractivity (Wildman–Crippen MR) is 119 cm³/mol. The molecule has 0 radical (unpaired) electrons. The molecular weight excluding hydrogens is 434 g/mol. The van der Waals surface area contributed by atoms with Crippen LogP contribution in [0.5, 0.6) is 0 Å². The van der Waals surface area contributed by atoms with Gasteiger partial charge in [-0.2, -0.15) is 0 Å². The zero-order chi connectivity index (χ0) is 22.0. The molecular formula is C21H19N5O3S2.